The number of hydrogen-bond acceptors (Lipinski definition) is 9. The third-order valence-corrected chi connectivity index (χ3v) is 7.26. The Morgan fingerprint density at radius 2 is 1.81 bits per heavy atom. The summed E-state index contributed by atoms with van der Waals surface area (Å²) in [6.07, 6.45) is 0. The van der Waals surface area contributed by atoms with Crippen molar-refractivity contribution in [3.05, 3.63) is 39.9 Å². The van der Waals surface area contributed by atoms with Gasteiger partial charge in [-0.15, -0.1) is 0 Å². The monoisotopic (exact) mass is 527 g/mol. The number of benzene rings is 1. The fourth-order valence-electron chi connectivity index (χ4n) is 3.39. The molecule has 0 aromatic heterocycles. The van der Waals surface area contributed by atoms with Gasteiger partial charge in [0.1, 0.15) is 5.29 Å². The first-order valence-electron chi connectivity index (χ1n) is 9.69. The molecule has 1 aliphatic rings. The standard InChI is InChI=1S/C21H23BrNO8P/c1-5-29-20(26)21(12-23)16(13-9-8-10-14(22)11-13)15(19(25)28-4)17(18(21)24)32(27,30-6-2)31-7-3/h8-11,27H,5-7H2,1-4H3. The van der Waals surface area contributed by atoms with Crippen LogP contribution >= 0.6 is 23.5 Å². The Labute approximate surface area is 194 Å². The molecule has 2 rings (SSSR count). The van der Waals surface area contributed by atoms with E-state index in [1.165, 1.54) is 19.1 Å². The fraction of sp³-hybridized carbons (Fsp3) is 0.381. The zero-order valence-electron chi connectivity index (χ0n) is 18.0. The highest BCUT2D eigenvalue weighted by Crippen LogP contribution is 2.56. The first kappa shape index (κ1) is 26.0. The molecule has 172 valence electrons. The van der Waals surface area contributed by atoms with E-state index in [1.54, 1.807) is 32.0 Å². The smallest absolute Gasteiger partial charge is 0.339 e. The molecule has 11 heteroatoms. The number of esters is 2. The first-order chi connectivity index (χ1) is 15.2. The van der Waals surface area contributed by atoms with Crippen LogP contribution in [0, 0.1) is 16.7 Å². The van der Waals surface area contributed by atoms with Crippen molar-refractivity contribution in [3.8, 4) is 6.07 Å². The molecule has 1 unspecified atom stereocenters. The minimum atomic E-state index is -4.18. The van der Waals surface area contributed by atoms with Crippen LogP contribution in [-0.4, -0.2) is 54.8 Å². The molecule has 1 aliphatic carbocycles. The summed E-state index contributed by atoms with van der Waals surface area (Å²) >= 11 is 3.31. The maximum absolute atomic E-state index is 13.8. The summed E-state index contributed by atoms with van der Waals surface area (Å²) < 4.78 is 21.3. The summed E-state index contributed by atoms with van der Waals surface area (Å²) in [5.74, 6) is -3.37. The number of Topliss-reactive ketones (excluding diaryl/α,β-unsaturated/α-hetero) is 1. The van der Waals surface area contributed by atoms with E-state index in [0.717, 1.165) is 7.11 Å². The molecule has 1 aromatic rings. The van der Waals surface area contributed by atoms with E-state index in [2.05, 4.69) is 15.9 Å². The van der Waals surface area contributed by atoms with Gasteiger partial charge in [-0.1, -0.05) is 28.1 Å². The lowest BCUT2D eigenvalue weighted by Gasteiger charge is -2.23. The number of carbonyl (C=O) groups excluding carboxylic acids is 3. The Hall–Kier alpha value is -2.28. The number of hydrogen-bond donors (Lipinski definition) is 1. The van der Waals surface area contributed by atoms with Gasteiger partial charge in [0, 0.05) is 10.0 Å². The summed E-state index contributed by atoms with van der Waals surface area (Å²) in [5.41, 5.74) is -3.08. The van der Waals surface area contributed by atoms with E-state index in [1.807, 2.05) is 0 Å². The zero-order valence-corrected chi connectivity index (χ0v) is 20.5. The van der Waals surface area contributed by atoms with Gasteiger partial charge in [-0.25, -0.2) is 9.59 Å². The normalized spacial score (nSPS) is 18.5. The van der Waals surface area contributed by atoms with Crippen LogP contribution in [0.15, 0.2) is 34.3 Å². The zero-order chi connectivity index (χ0) is 24.1. The highest BCUT2D eigenvalue weighted by molar-refractivity contribution is 9.10. The number of nitriles is 1. The minimum absolute atomic E-state index is 0.0688. The third-order valence-electron chi connectivity index (χ3n) is 4.56. The molecule has 0 aliphatic heterocycles. The topological polar surface area (TPSA) is 132 Å². The van der Waals surface area contributed by atoms with Crippen LogP contribution in [0.4, 0.5) is 0 Å². The Morgan fingerprint density at radius 1 is 1.19 bits per heavy atom. The van der Waals surface area contributed by atoms with Crippen molar-refractivity contribution >= 4 is 52.1 Å². The molecule has 0 heterocycles. The average molecular weight is 528 g/mol. The van der Waals surface area contributed by atoms with Gasteiger partial charge in [-0.3, -0.25) is 4.79 Å². The summed E-state index contributed by atoms with van der Waals surface area (Å²) in [7, 11) is -3.10. The molecule has 1 atom stereocenters. The second kappa shape index (κ2) is 10.6. The van der Waals surface area contributed by atoms with E-state index in [9.17, 15) is 24.5 Å². The molecule has 9 nitrogen and oxygen atoms in total. The van der Waals surface area contributed by atoms with E-state index in [-0.39, 0.29) is 31.0 Å². The van der Waals surface area contributed by atoms with Gasteiger partial charge in [-0.05, 0) is 38.5 Å². The number of halogens is 1. The molecule has 0 fully saturated rings. The van der Waals surface area contributed by atoms with Gasteiger partial charge >= 0.3 is 11.9 Å². The number of carbonyl (C=O) groups is 3. The summed E-state index contributed by atoms with van der Waals surface area (Å²) in [6, 6.07) is 8.08. The van der Waals surface area contributed by atoms with Gasteiger partial charge in [0.2, 0.25) is 11.2 Å². The lowest BCUT2D eigenvalue weighted by molar-refractivity contribution is -0.151. The van der Waals surface area contributed by atoms with Gasteiger partial charge in [0.25, 0.3) is 7.57 Å². The lowest BCUT2D eigenvalue weighted by Crippen LogP contribution is -2.40. The Balaban J connectivity index is 3.17. The average Bonchev–Trinajstić information content (AvgIpc) is 3.03. The molecule has 0 bridgehead atoms. The summed E-state index contributed by atoms with van der Waals surface area (Å²) in [6.45, 7) is 4.37. The maximum Gasteiger partial charge on any atom is 0.339 e. The SMILES string of the molecule is CCOC(=O)C1(C#N)C(=O)C(=P(O)(OCC)OCC)C(C(=O)OC)=C1c1cccc(Br)c1. The number of ether oxygens (including phenoxy) is 2. The predicted octanol–water partition coefficient (Wildman–Crippen LogP) is 3.03. The van der Waals surface area contributed by atoms with Crippen molar-refractivity contribution in [3.63, 3.8) is 0 Å². The van der Waals surface area contributed by atoms with Crippen LogP contribution in [0.2, 0.25) is 0 Å². The van der Waals surface area contributed by atoms with Crippen molar-refractivity contribution in [2.45, 2.75) is 20.8 Å². The molecule has 0 saturated carbocycles. The Morgan fingerprint density at radius 3 is 2.28 bits per heavy atom. The van der Waals surface area contributed by atoms with Crippen molar-refractivity contribution in [2.24, 2.45) is 5.41 Å². The highest BCUT2D eigenvalue weighted by Gasteiger charge is 2.63. The van der Waals surface area contributed by atoms with Crippen molar-refractivity contribution in [1.29, 1.82) is 5.26 Å². The van der Waals surface area contributed by atoms with E-state index < -0.39 is 41.6 Å². The number of ketones is 1. The van der Waals surface area contributed by atoms with E-state index in [0.29, 0.717) is 4.47 Å². The molecular formula is C21H23BrNO8P. The minimum Gasteiger partial charge on any atom is -0.465 e. The van der Waals surface area contributed by atoms with Gasteiger partial charge < -0.3 is 23.4 Å². The fourth-order valence-corrected chi connectivity index (χ4v) is 5.73. The molecule has 0 saturated heterocycles. The largest absolute Gasteiger partial charge is 0.465 e. The third kappa shape index (κ3) is 4.32. The predicted molar refractivity (Wildman–Crippen MR) is 120 cm³/mol. The molecule has 0 spiro atoms. The van der Waals surface area contributed by atoms with Crippen molar-refractivity contribution < 1.29 is 37.8 Å². The van der Waals surface area contributed by atoms with Crippen LogP contribution in [0.25, 0.3) is 5.57 Å². The van der Waals surface area contributed by atoms with Crippen LogP contribution in [-0.2, 0) is 32.9 Å². The first-order valence-corrected chi connectivity index (χ1v) is 12.1. The quantitative estimate of drug-likeness (QED) is 0.307. The maximum atomic E-state index is 13.8. The van der Waals surface area contributed by atoms with E-state index in [4.69, 9.17) is 18.5 Å². The van der Waals surface area contributed by atoms with Crippen LogP contribution in [0.1, 0.15) is 26.3 Å². The summed E-state index contributed by atoms with van der Waals surface area (Å²) in [4.78, 5) is 51.0. The molecular weight excluding hydrogens is 505 g/mol. The van der Waals surface area contributed by atoms with Crippen molar-refractivity contribution in [1.82, 2.24) is 0 Å². The van der Waals surface area contributed by atoms with Crippen LogP contribution in [0.3, 0.4) is 0 Å². The van der Waals surface area contributed by atoms with Crippen molar-refractivity contribution in [2.75, 3.05) is 26.9 Å². The molecule has 32 heavy (non-hydrogen) atoms. The van der Waals surface area contributed by atoms with Crippen LogP contribution < -0.4 is 0 Å². The second-order valence-corrected chi connectivity index (χ2v) is 9.29. The summed E-state index contributed by atoms with van der Waals surface area (Å²) in [5, 5.41) is 9.57. The Kier molecular flexibility index (Phi) is 8.57. The molecule has 0 amide bonds. The Bertz CT molecular complexity index is 1060. The lowest BCUT2D eigenvalue weighted by atomic mass is 9.78. The molecule has 1 aromatic carbocycles. The highest BCUT2D eigenvalue weighted by atomic mass is 79.9. The number of rotatable bonds is 8. The van der Waals surface area contributed by atoms with Gasteiger partial charge in [0.15, 0.2) is 0 Å². The van der Waals surface area contributed by atoms with E-state index >= 15 is 0 Å². The van der Waals surface area contributed by atoms with Gasteiger partial charge in [0.05, 0.1) is 38.6 Å². The molecule has 1 N–H and O–H groups in total. The second-order valence-electron chi connectivity index (χ2n) is 6.37. The van der Waals surface area contributed by atoms with Crippen LogP contribution in [0.5, 0.6) is 0 Å². The number of methoxy groups -OCH3 is 1. The molecule has 0 radical (unpaired) electrons. The number of nitrogens with zero attached hydrogens (tertiary/aromatic N) is 1. The van der Waals surface area contributed by atoms with Gasteiger partial charge in [-0.2, -0.15) is 5.26 Å².